The van der Waals surface area contributed by atoms with Crippen molar-refractivity contribution in [2.45, 2.75) is 32.7 Å². The summed E-state index contributed by atoms with van der Waals surface area (Å²) in [6.07, 6.45) is 0. The van der Waals surface area contributed by atoms with Gasteiger partial charge in [0.1, 0.15) is 0 Å². The monoisotopic (exact) mass is 220 g/mol. The molecule has 0 saturated carbocycles. The van der Waals surface area contributed by atoms with Crippen LogP contribution in [0.3, 0.4) is 0 Å². The first-order valence-corrected chi connectivity index (χ1v) is 6.02. The van der Waals surface area contributed by atoms with Crippen molar-refractivity contribution in [2.75, 3.05) is 0 Å². The number of benzene rings is 1. The van der Waals surface area contributed by atoms with E-state index < -0.39 is 0 Å². The Labute approximate surface area is 94.1 Å². The highest BCUT2D eigenvalue weighted by Gasteiger charge is 2.14. The molecule has 2 aromatic rings. The molecule has 0 fully saturated rings. The molecule has 2 rings (SSSR count). The molecule has 15 heavy (non-hydrogen) atoms. The Hall–Kier alpha value is -0.930. The van der Waals surface area contributed by atoms with Crippen LogP contribution >= 0.6 is 11.3 Å². The third-order valence-corrected chi connectivity index (χ3v) is 3.98. The van der Waals surface area contributed by atoms with Crippen molar-refractivity contribution >= 4 is 21.6 Å². The van der Waals surface area contributed by atoms with Crippen molar-refractivity contribution in [3.63, 3.8) is 0 Å². The van der Waals surface area contributed by atoms with Crippen LogP contribution in [0, 0.1) is 6.92 Å². The van der Waals surface area contributed by atoms with E-state index in [1.807, 2.05) is 6.92 Å². The average molecular weight is 220 g/mol. The molecule has 0 aliphatic heterocycles. The van der Waals surface area contributed by atoms with Crippen LogP contribution in [0.25, 0.3) is 10.2 Å². The van der Waals surface area contributed by atoms with Crippen LogP contribution in [0.15, 0.2) is 18.2 Å². The molecule has 1 aromatic carbocycles. The van der Waals surface area contributed by atoms with E-state index in [1.165, 1.54) is 10.3 Å². The molecule has 80 valence electrons. The first kappa shape index (κ1) is 10.6. The highest BCUT2D eigenvalue weighted by atomic mass is 32.1. The lowest BCUT2D eigenvalue weighted by Crippen LogP contribution is -2.22. The fraction of sp³-hybridized carbons (Fsp3) is 0.417. The third-order valence-electron chi connectivity index (χ3n) is 2.74. The van der Waals surface area contributed by atoms with E-state index in [0.717, 1.165) is 10.5 Å². The van der Waals surface area contributed by atoms with Crippen LogP contribution in [-0.2, 0) is 0 Å². The minimum atomic E-state index is 0.159. The van der Waals surface area contributed by atoms with Crippen LogP contribution in [0.5, 0.6) is 0 Å². The minimum absolute atomic E-state index is 0.159. The smallest absolute Gasteiger partial charge is 0.0982 e. The normalized spacial score (nSPS) is 15.5. The van der Waals surface area contributed by atoms with Crippen molar-refractivity contribution in [3.05, 3.63) is 28.8 Å². The predicted octanol–water partition coefficient (Wildman–Crippen LogP) is 3.06. The van der Waals surface area contributed by atoms with Gasteiger partial charge in [0.15, 0.2) is 0 Å². The molecule has 0 amide bonds. The van der Waals surface area contributed by atoms with Crippen LogP contribution in [-0.4, -0.2) is 11.0 Å². The molecule has 2 nitrogen and oxygen atoms in total. The second-order valence-electron chi connectivity index (χ2n) is 4.17. The van der Waals surface area contributed by atoms with Crippen LogP contribution in [0.1, 0.15) is 30.3 Å². The number of nitrogens with zero attached hydrogens (tertiary/aromatic N) is 1. The molecular weight excluding hydrogens is 204 g/mol. The van der Waals surface area contributed by atoms with Crippen molar-refractivity contribution in [2.24, 2.45) is 5.73 Å². The Bertz CT molecular complexity index is 473. The Morgan fingerprint density at radius 1 is 1.33 bits per heavy atom. The number of thiazole rings is 1. The maximum absolute atomic E-state index is 5.89. The van der Waals surface area contributed by atoms with Gasteiger partial charge in [0.2, 0.25) is 0 Å². The lowest BCUT2D eigenvalue weighted by atomic mass is 10.1. The molecule has 0 aliphatic carbocycles. The maximum atomic E-state index is 5.89. The summed E-state index contributed by atoms with van der Waals surface area (Å²) in [7, 11) is 0. The molecule has 0 radical (unpaired) electrons. The standard InChI is InChI=1S/C12H16N2S/c1-7-4-5-11-10(6-7)14-12(15-11)8(2)9(3)13/h4-6,8-9H,13H2,1-3H3. The van der Waals surface area contributed by atoms with Crippen molar-refractivity contribution in [1.82, 2.24) is 4.98 Å². The molecule has 0 saturated heterocycles. The molecule has 0 bridgehead atoms. The number of aromatic nitrogens is 1. The van der Waals surface area contributed by atoms with Gasteiger partial charge in [-0.2, -0.15) is 0 Å². The van der Waals surface area contributed by atoms with E-state index in [2.05, 4.69) is 37.0 Å². The SMILES string of the molecule is Cc1ccc2sc(C(C)C(C)N)nc2c1. The second kappa shape index (κ2) is 3.91. The van der Waals surface area contributed by atoms with Crippen molar-refractivity contribution in [3.8, 4) is 0 Å². The Kier molecular flexibility index (Phi) is 2.76. The zero-order chi connectivity index (χ0) is 11.0. The fourth-order valence-corrected chi connectivity index (χ4v) is 2.59. The lowest BCUT2D eigenvalue weighted by molar-refractivity contribution is 0.611. The lowest BCUT2D eigenvalue weighted by Gasteiger charge is -2.11. The number of nitrogens with two attached hydrogens (primary N) is 1. The van der Waals surface area contributed by atoms with Gasteiger partial charge in [-0.3, -0.25) is 0 Å². The van der Waals surface area contributed by atoms with Gasteiger partial charge in [0.25, 0.3) is 0 Å². The molecule has 2 N–H and O–H groups in total. The molecule has 3 heteroatoms. The minimum Gasteiger partial charge on any atom is -0.327 e. The van der Waals surface area contributed by atoms with E-state index >= 15 is 0 Å². The van der Waals surface area contributed by atoms with Gasteiger partial charge >= 0.3 is 0 Å². The summed E-state index contributed by atoms with van der Waals surface area (Å²) in [5, 5.41) is 1.14. The van der Waals surface area contributed by atoms with Crippen molar-refractivity contribution < 1.29 is 0 Å². The van der Waals surface area contributed by atoms with Gasteiger partial charge in [-0.05, 0) is 31.5 Å². The Balaban J connectivity index is 2.47. The maximum Gasteiger partial charge on any atom is 0.0982 e. The summed E-state index contributed by atoms with van der Waals surface area (Å²) in [6, 6.07) is 6.55. The van der Waals surface area contributed by atoms with E-state index in [-0.39, 0.29) is 6.04 Å². The summed E-state index contributed by atoms with van der Waals surface area (Å²) in [5.74, 6) is 0.336. The summed E-state index contributed by atoms with van der Waals surface area (Å²) >= 11 is 1.75. The zero-order valence-electron chi connectivity index (χ0n) is 9.32. The van der Waals surface area contributed by atoms with Gasteiger partial charge in [0, 0.05) is 12.0 Å². The van der Waals surface area contributed by atoms with Gasteiger partial charge in [-0.15, -0.1) is 11.3 Å². The van der Waals surface area contributed by atoms with Crippen molar-refractivity contribution in [1.29, 1.82) is 0 Å². The summed E-state index contributed by atoms with van der Waals surface area (Å²) < 4.78 is 1.25. The quantitative estimate of drug-likeness (QED) is 0.844. The molecule has 0 spiro atoms. The highest BCUT2D eigenvalue weighted by molar-refractivity contribution is 7.18. The largest absolute Gasteiger partial charge is 0.327 e. The number of fused-ring (bicyclic) bond motifs is 1. The second-order valence-corrected chi connectivity index (χ2v) is 5.23. The van der Waals surface area contributed by atoms with E-state index in [9.17, 15) is 0 Å². The summed E-state index contributed by atoms with van der Waals surface area (Å²) in [5.41, 5.74) is 8.24. The van der Waals surface area contributed by atoms with Gasteiger partial charge in [-0.25, -0.2) is 4.98 Å². The van der Waals surface area contributed by atoms with E-state index in [0.29, 0.717) is 5.92 Å². The topological polar surface area (TPSA) is 38.9 Å². The van der Waals surface area contributed by atoms with Crippen LogP contribution < -0.4 is 5.73 Å². The molecular formula is C12H16N2S. The molecule has 1 heterocycles. The van der Waals surface area contributed by atoms with E-state index in [4.69, 9.17) is 5.73 Å². The van der Waals surface area contributed by atoms with Gasteiger partial charge < -0.3 is 5.73 Å². The summed E-state index contributed by atoms with van der Waals surface area (Å²) in [4.78, 5) is 4.63. The zero-order valence-corrected chi connectivity index (χ0v) is 10.1. The number of aryl methyl sites for hydroxylation is 1. The van der Waals surface area contributed by atoms with E-state index in [1.54, 1.807) is 11.3 Å². The molecule has 1 aromatic heterocycles. The van der Waals surface area contributed by atoms with Crippen LogP contribution in [0.2, 0.25) is 0 Å². The number of rotatable bonds is 2. The van der Waals surface area contributed by atoms with Crippen LogP contribution in [0.4, 0.5) is 0 Å². The first-order valence-electron chi connectivity index (χ1n) is 5.20. The average Bonchev–Trinajstić information content (AvgIpc) is 2.58. The van der Waals surface area contributed by atoms with Gasteiger partial charge in [0.05, 0.1) is 15.2 Å². The molecule has 0 aliphatic rings. The molecule has 2 atom stereocenters. The number of hydrogen-bond donors (Lipinski definition) is 1. The number of hydrogen-bond acceptors (Lipinski definition) is 3. The Morgan fingerprint density at radius 3 is 2.73 bits per heavy atom. The fourth-order valence-electron chi connectivity index (χ4n) is 1.47. The Morgan fingerprint density at radius 2 is 2.07 bits per heavy atom. The third kappa shape index (κ3) is 2.03. The highest BCUT2D eigenvalue weighted by Crippen LogP contribution is 2.29. The predicted molar refractivity (Wildman–Crippen MR) is 66.4 cm³/mol. The molecule has 2 unspecified atom stereocenters. The van der Waals surface area contributed by atoms with Gasteiger partial charge in [-0.1, -0.05) is 13.0 Å². The first-order chi connectivity index (χ1) is 7.08. The summed E-state index contributed by atoms with van der Waals surface area (Å²) in [6.45, 7) is 6.25.